The molecule has 0 amide bonds. The monoisotopic (exact) mass is 197 g/mol. The van der Waals surface area contributed by atoms with Crippen LogP contribution in [-0.4, -0.2) is 12.6 Å². The summed E-state index contributed by atoms with van der Waals surface area (Å²) in [4.78, 5) is 0. The fourth-order valence-electron chi connectivity index (χ4n) is 1.71. The summed E-state index contributed by atoms with van der Waals surface area (Å²) in [7, 11) is 0. The fraction of sp³-hybridized carbons (Fsp3) is 1.00. The topological polar surface area (TPSA) is 12.0 Å². The average molecular weight is 197 g/mol. The SMILES string of the molecule is CC(C)CCC(C)(C)CCNC1CC1. The molecule has 1 saturated carbocycles. The standard InChI is InChI=1S/C13H27N/c1-11(2)7-8-13(3,4)9-10-14-12-5-6-12/h11-12,14H,5-10H2,1-4H3. The second-order valence-electron chi connectivity index (χ2n) is 6.08. The van der Waals surface area contributed by atoms with E-state index in [1.807, 2.05) is 0 Å². The second kappa shape index (κ2) is 5.16. The van der Waals surface area contributed by atoms with Crippen LogP contribution >= 0.6 is 0 Å². The third-order valence-electron chi connectivity index (χ3n) is 3.21. The molecule has 1 N–H and O–H groups in total. The van der Waals surface area contributed by atoms with Gasteiger partial charge in [0.2, 0.25) is 0 Å². The van der Waals surface area contributed by atoms with E-state index in [0.717, 1.165) is 12.0 Å². The molecular weight excluding hydrogens is 170 g/mol. The maximum absolute atomic E-state index is 3.60. The minimum atomic E-state index is 0.534. The van der Waals surface area contributed by atoms with Gasteiger partial charge in [0.25, 0.3) is 0 Å². The molecule has 1 nitrogen and oxygen atoms in total. The van der Waals surface area contributed by atoms with Gasteiger partial charge in [-0.25, -0.2) is 0 Å². The van der Waals surface area contributed by atoms with Crippen molar-refractivity contribution in [3.05, 3.63) is 0 Å². The Balaban J connectivity index is 2.05. The molecule has 14 heavy (non-hydrogen) atoms. The Labute approximate surface area is 89.7 Å². The average Bonchev–Trinajstić information content (AvgIpc) is 2.85. The van der Waals surface area contributed by atoms with Gasteiger partial charge in [-0.05, 0) is 43.6 Å². The van der Waals surface area contributed by atoms with Crippen LogP contribution in [0.3, 0.4) is 0 Å². The first-order valence-corrected chi connectivity index (χ1v) is 6.23. The number of hydrogen-bond donors (Lipinski definition) is 1. The Morgan fingerprint density at radius 1 is 1.21 bits per heavy atom. The van der Waals surface area contributed by atoms with Gasteiger partial charge in [-0.3, -0.25) is 0 Å². The largest absolute Gasteiger partial charge is 0.314 e. The highest BCUT2D eigenvalue weighted by atomic mass is 14.9. The summed E-state index contributed by atoms with van der Waals surface area (Å²) in [5.41, 5.74) is 0.534. The lowest BCUT2D eigenvalue weighted by Crippen LogP contribution is -2.24. The van der Waals surface area contributed by atoms with Gasteiger partial charge in [-0.15, -0.1) is 0 Å². The van der Waals surface area contributed by atoms with Crippen molar-refractivity contribution in [2.75, 3.05) is 6.54 Å². The van der Waals surface area contributed by atoms with Gasteiger partial charge in [-0.1, -0.05) is 34.1 Å². The lowest BCUT2D eigenvalue weighted by Gasteiger charge is -2.25. The molecule has 0 aromatic rings. The third kappa shape index (κ3) is 5.64. The van der Waals surface area contributed by atoms with E-state index in [4.69, 9.17) is 0 Å². The molecule has 0 unspecified atom stereocenters. The third-order valence-corrected chi connectivity index (χ3v) is 3.21. The molecule has 1 rings (SSSR count). The van der Waals surface area contributed by atoms with E-state index in [0.29, 0.717) is 5.41 Å². The van der Waals surface area contributed by atoms with E-state index in [2.05, 4.69) is 33.0 Å². The Kier molecular flexibility index (Phi) is 4.43. The van der Waals surface area contributed by atoms with Gasteiger partial charge < -0.3 is 5.32 Å². The van der Waals surface area contributed by atoms with E-state index in [1.165, 1.54) is 38.6 Å². The highest BCUT2D eigenvalue weighted by Gasteiger charge is 2.22. The van der Waals surface area contributed by atoms with E-state index in [9.17, 15) is 0 Å². The number of hydrogen-bond acceptors (Lipinski definition) is 1. The first kappa shape index (κ1) is 12.0. The van der Waals surface area contributed by atoms with E-state index >= 15 is 0 Å². The predicted molar refractivity (Wildman–Crippen MR) is 63.5 cm³/mol. The lowest BCUT2D eigenvalue weighted by atomic mass is 9.82. The van der Waals surface area contributed by atoms with E-state index in [1.54, 1.807) is 0 Å². The maximum atomic E-state index is 3.60. The van der Waals surface area contributed by atoms with Crippen molar-refractivity contribution in [3.63, 3.8) is 0 Å². The molecule has 0 spiro atoms. The summed E-state index contributed by atoms with van der Waals surface area (Å²) in [5.74, 6) is 0.852. The lowest BCUT2D eigenvalue weighted by molar-refractivity contribution is 0.277. The fourth-order valence-corrected chi connectivity index (χ4v) is 1.71. The normalized spacial score (nSPS) is 17.8. The molecule has 1 heteroatoms. The van der Waals surface area contributed by atoms with Crippen LogP contribution in [0.2, 0.25) is 0 Å². The van der Waals surface area contributed by atoms with Crippen LogP contribution in [0.1, 0.15) is 59.8 Å². The summed E-state index contributed by atoms with van der Waals surface area (Å²) in [6, 6.07) is 0.871. The van der Waals surface area contributed by atoms with Crippen molar-refractivity contribution in [1.29, 1.82) is 0 Å². The molecule has 1 aliphatic rings. The first-order valence-electron chi connectivity index (χ1n) is 6.23. The highest BCUT2D eigenvalue weighted by Crippen LogP contribution is 2.28. The van der Waals surface area contributed by atoms with Gasteiger partial charge in [0, 0.05) is 6.04 Å². The Hall–Kier alpha value is -0.0400. The smallest absolute Gasteiger partial charge is 0.00682 e. The molecule has 0 saturated heterocycles. The van der Waals surface area contributed by atoms with Gasteiger partial charge >= 0.3 is 0 Å². The van der Waals surface area contributed by atoms with Crippen molar-refractivity contribution in [1.82, 2.24) is 5.32 Å². The minimum absolute atomic E-state index is 0.534. The van der Waals surface area contributed by atoms with E-state index < -0.39 is 0 Å². The number of rotatable bonds is 7. The summed E-state index contributed by atoms with van der Waals surface area (Å²) in [6.07, 6.45) is 6.89. The number of nitrogens with one attached hydrogen (secondary N) is 1. The van der Waals surface area contributed by atoms with Crippen LogP contribution in [0.4, 0.5) is 0 Å². The van der Waals surface area contributed by atoms with Crippen molar-refractivity contribution >= 4 is 0 Å². The summed E-state index contributed by atoms with van der Waals surface area (Å²) < 4.78 is 0. The van der Waals surface area contributed by atoms with Crippen molar-refractivity contribution in [3.8, 4) is 0 Å². The Morgan fingerprint density at radius 3 is 2.36 bits per heavy atom. The maximum Gasteiger partial charge on any atom is 0.00682 e. The van der Waals surface area contributed by atoms with Gasteiger partial charge in [0.05, 0.1) is 0 Å². The zero-order valence-electron chi connectivity index (χ0n) is 10.4. The molecule has 1 aliphatic carbocycles. The van der Waals surface area contributed by atoms with Gasteiger partial charge in [0.15, 0.2) is 0 Å². The molecular formula is C13H27N. The van der Waals surface area contributed by atoms with Crippen molar-refractivity contribution < 1.29 is 0 Å². The molecule has 0 heterocycles. The summed E-state index contributed by atoms with van der Waals surface area (Å²) >= 11 is 0. The Morgan fingerprint density at radius 2 is 1.86 bits per heavy atom. The highest BCUT2D eigenvalue weighted by molar-refractivity contribution is 4.81. The Bertz CT molecular complexity index is 157. The van der Waals surface area contributed by atoms with Crippen LogP contribution in [0.15, 0.2) is 0 Å². The van der Waals surface area contributed by atoms with Crippen molar-refractivity contribution in [2.24, 2.45) is 11.3 Å². The van der Waals surface area contributed by atoms with Gasteiger partial charge in [0.1, 0.15) is 0 Å². The molecule has 0 aromatic heterocycles. The van der Waals surface area contributed by atoms with E-state index in [-0.39, 0.29) is 0 Å². The van der Waals surface area contributed by atoms with Crippen LogP contribution in [-0.2, 0) is 0 Å². The summed E-state index contributed by atoms with van der Waals surface area (Å²) in [6.45, 7) is 10.7. The first-order chi connectivity index (χ1) is 6.49. The molecule has 0 aromatic carbocycles. The minimum Gasteiger partial charge on any atom is -0.314 e. The molecule has 0 atom stereocenters. The quantitative estimate of drug-likeness (QED) is 0.657. The summed E-state index contributed by atoms with van der Waals surface area (Å²) in [5, 5.41) is 3.60. The second-order valence-corrected chi connectivity index (χ2v) is 6.08. The van der Waals surface area contributed by atoms with Gasteiger partial charge in [-0.2, -0.15) is 0 Å². The zero-order valence-corrected chi connectivity index (χ0v) is 10.4. The van der Waals surface area contributed by atoms with Crippen LogP contribution in [0, 0.1) is 11.3 Å². The zero-order chi connectivity index (χ0) is 10.6. The molecule has 1 fully saturated rings. The molecule has 0 aliphatic heterocycles. The van der Waals surface area contributed by atoms with Crippen LogP contribution in [0.5, 0.6) is 0 Å². The van der Waals surface area contributed by atoms with Crippen LogP contribution in [0.25, 0.3) is 0 Å². The molecule has 0 radical (unpaired) electrons. The van der Waals surface area contributed by atoms with Crippen molar-refractivity contribution in [2.45, 2.75) is 65.8 Å². The predicted octanol–water partition coefficient (Wildman–Crippen LogP) is 3.59. The molecule has 0 bridgehead atoms. The van der Waals surface area contributed by atoms with Crippen LogP contribution < -0.4 is 5.32 Å². The molecule has 84 valence electrons.